The van der Waals surface area contributed by atoms with E-state index in [0.29, 0.717) is 23.9 Å². The Morgan fingerprint density at radius 3 is 2.71 bits per heavy atom. The fourth-order valence-electron chi connectivity index (χ4n) is 3.17. The number of ether oxygens (including phenoxy) is 2. The number of rotatable bonds is 4. The van der Waals surface area contributed by atoms with Crippen LogP contribution in [0.15, 0.2) is 48.5 Å². The van der Waals surface area contributed by atoms with Crippen LogP contribution in [-0.2, 0) is 15.1 Å². The highest BCUT2D eigenvalue weighted by molar-refractivity contribution is 6.31. The molecule has 1 aliphatic rings. The molecule has 0 bridgehead atoms. The van der Waals surface area contributed by atoms with Gasteiger partial charge in [-0.3, -0.25) is 0 Å². The lowest BCUT2D eigenvalue weighted by molar-refractivity contribution is 0.0517. The maximum atomic E-state index is 12.5. The molecule has 122 valence electrons. The second kappa shape index (κ2) is 5.65. The van der Waals surface area contributed by atoms with Crippen LogP contribution in [0, 0.1) is 0 Å². The van der Waals surface area contributed by atoms with Crippen LogP contribution in [0.4, 0.5) is 0 Å². The number of aromatic nitrogens is 1. The second-order valence-electron chi connectivity index (χ2n) is 5.77. The SMILES string of the molecule is CCOC(=O)c1[nH]c2ccc(Cl)cc2c1C1(c2ccccc2)CO1. The molecular formula is C19H16ClNO3. The van der Waals surface area contributed by atoms with Gasteiger partial charge in [0.05, 0.1) is 13.2 Å². The summed E-state index contributed by atoms with van der Waals surface area (Å²) >= 11 is 6.19. The molecule has 1 fully saturated rings. The minimum absolute atomic E-state index is 0.313. The van der Waals surface area contributed by atoms with Gasteiger partial charge in [-0.05, 0) is 30.7 Å². The predicted molar refractivity (Wildman–Crippen MR) is 92.4 cm³/mol. The Morgan fingerprint density at radius 1 is 1.29 bits per heavy atom. The number of aromatic amines is 1. The van der Waals surface area contributed by atoms with E-state index in [9.17, 15) is 4.79 Å². The summed E-state index contributed by atoms with van der Waals surface area (Å²) in [6.07, 6.45) is 0. The monoisotopic (exact) mass is 341 g/mol. The standard InChI is InChI=1S/C19H16ClNO3/c1-2-23-18(22)17-16(14-10-13(20)8-9-15(14)21-17)19(11-24-19)12-6-4-3-5-7-12/h3-10,21H,2,11H2,1H3. The minimum atomic E-state index is -0.633. The van der Waals surface area contributed by atoms with E-state index in [2.05, 4.69) is 4.98 Å². The van der Waals surface area contributed by atoms with Gasteiger partial charge in [0.2, 0.25) is 0 Å². The molecule has 1 saturated heterocycles. The topological polar surface area (TPSA) is 54.6 Å². The van der Waals surface area contributed by atoms with Crippen LogP contribution in [-0.4, -0.2) is 24.2 Å². The molecule has 4 nitrogen and oxygen atoms in total. The Hall–Kier alpha value is -2.30. The zero-order valence-electron chi connectivity index (χ0n) is 13.1. The summed E-state index contributed by atoms with van der Waals surface area (Å²) in [5.41, 5.74) is 2.44. The van der Waals surface area contributed by atoms with E-state index in [0.717, 1.165) is 22.0 Å². The quantitative estimate of drug-likeness (QED) is 0.569. The van der Waals surface area contributed by atoms with Gasteiger partial charge in [0.15, 0.2) is 0 Å². The van der Waals surface area contributed by atoms with Gasteiger partial charge < -0.3 is 14.5 Å². The maximum Gasteiger partial charge on any atom is 0.355 e. The van der Waals surface area contributed by atoms with Crippen molar-refractivity contribution in [3.05, 3.63) is 70.4 Å². The van der Waals surface area contributed by atoms with E-state index in [4.69, 9.17) is 21.1 Å². The van der Waals surface area contributed by atoms with E-state index in [1.165, 1.54) is 0 Å². The molecule has 24 heavy (non-hydrogen) atoms. The van der Waals surface area contributed by atoms with Crippen molar-refractivity contribution in [1.82, 2.24) is 4.98 Å². The van der Waals surface area contributed by atoms with Crippen molar-refractivity contribution in [3.63, 3.8) is 0 Å². The Morgan fingerprint density at radius 2 is 2.04 bits per heavy atom. The minimum Gasteiger partial charge on any atom is -0.461 e. The van der Waals surface area contributed by atoms with Crippen LogP contribution in [0.2, 0.25) is 5.02 Å². The van der Waals surface area contributed by atoms with E-state index in [1.807, 2.05) is 42.5 Å². The molecule has 0 aliphatic carbocycles. The van der Waals surface area contributed by atoms with E-state index < -0.39 is 5.60 Å². The average molecular weight is 342 g/mol. The van der Waals surface area contributed by atoms with Crippen molar-refractivity contribution in [3.8, 4) is 0 Å². The van der Waals surface area contributed by atoms with Crippen LogP contribution >= 0.6 is 11.6 Å². The van der Waals surface area contributed by atoms with E-state index >= 15 is 0 Å². The fourth-order valence-corrected chi connectivity index (χ4v) is 3.35. The molecule has 1 atom stereocenters. The van der Waals surface area contributed by atoms with Gasteiger partial charge in [-0.2, -0.15) is 0 Å². The number of hydrogen-bond donors (Lipinski definition) is 1. The van der Waals surface area contributed by atoms with Crippen molar-refractivity contribution in [1.29, 1.82) is 0 Å². The molecule has 0 amide bonds. The van der Waals surface area contributed by atoms with Crippen molar-refractivity contribution < 1.29 is 14.3 Å². The molecule has 1 aromatic heterocycles. The Bertz CT molecular complexity index is 913. The van der Waals surface area contributed by atoms with E-state index in [-0.39, 0.29) is 5.97 Å². The fraction of sp³-hybridized carbons (Fsp3) is 0.211. The van der Waals surface area contributed by atoms with Gasteiger partial charge in [-0.25, -0.2) is 4.79 Å². The smallest absolute Gasteiger partial charge is 0.355 e. The van der Waals surface area contributed by atoms with Crippen molar-refractivity contribution >= 4 is 28.5 Å². The zero-order chi connectivity index (χ0) is 16.7. The molecule has 2 heterocycles. The van der Waals surface area contributed by atoms with Crippen LogP contribution in [0.1, 0.15) is 28.5 Å². The van der Waals surface area contributed by atoms with Crippen molar-refractivity contribution in [2.45, 2.75) is 12.5 Å². The van der Waals surface area contributed by atoms with Crippen LogP contribution in [0.3, 0.4) is 0 Å². The summed E-state index contributed by atoms with van der Waals surface area (Å²) in [6.45, 7) is 2.62. The number of fused-ring (bicyclic) bond motifs is 1. The van der Waals surface area contributed by atoms with Crippen LogP contribution in [0.25, 0.3) is 10.9 Å². The molecule has 0 spiro atoms. The summed E-state index contributed by atoms with van der Waals surface area (Å²) in [7, 11) is 0. The summed E-state index contributed by atoms with van der Waals surface area (Å²) in [4.78, 5) is 15.7. The number of halogens is 1. The number of benzene rings is 2. The molecule has 1 unspecified atom stereocenters. The molecule has 0 saturated carbocycles. The number of hydrogen-bond acceptors (Lipinski definition) is 3. The summed E-state index contributed by atoms with van der Waals surface area (Å²) in [5.74, 6) is -0.384. The van der Waals surface area contributed by atoms with Crippen molar-refractivity contribution in [2.24, 2.45) is 0 Å². The summed E-state index contributed by atoms with van der Waals surface area (Å²) < 4.78 is 11.1. The third-order valence-corrected chi connectivity index (χ3v) is 4.55. The molecular weight excluding hydrogens is 326 g/mol. The number of epoxide rings is 1. The van der Waals surface area contributed by atoms with E-state index in [1.54, 1.807) is 13.0 Å². The van der Waals surface area contributed by atoms with Gasteiger partial charge in [0.25, 0.3) is 0 Å². The highest BCUT2D eigenvalue weighted by atomic mass is 35.5. The number of H-pyrrole nitrogens is 1. The third-order valence-electron chi connectivity index (χ3n) is 4.32. The lowest BCUT2D eigenvalue weighted by Gasteiger charge is -2.14. The van der Waals surface area contributed by atoms with Crippen LogP contribution in [0.5, 0.6) is 0 Å². The molecule has 3 aromatic rings. The van der Waals surface area contributed by atoms with Crippen LogP contribution < -0.4 is 0 Å². The first kappa shape index (κ1) is 15.2. The largest absolute Gasteiger partial charge is 0.461 e. The van der Waals surface area contributed by atoms with Gasteiger partial charge in [-0.1, -0.05) is 41.9 Å². The normalized spacial score (nSPS) is 19.4. The molecule has 2 aromatic carbocycles. The molecule has 1 aliphatic heterocycles. The first-order chi connectivity index (χ1) is 11.7. The highest BCUT2D eigenvalue weighted by Crippen LogP contribution is 2.49. The Kier molecular flexibility index (Phi) is 3.59. The number of nitrogens with one attached hydrogen (secondary N) is 1. The first-order valence-corrected chi connectivity index (χ1v) is 8.22. The Balaban J connectivity index is 1.97. The lowest BCUT2D eigenvalue weighted by atomic mass is 9.89. The number of carbonyl (C=O) groups is 1. The molecule has 5 heteroatoms. The lowest BCUT2D eigenvalue weighted by Crippen LogP contribution is -2.17. The number of carbonyl (C=O) groups excluding carboxylic acids is 1. The highest BCUT2D eigenvalue weighted by Gasteiger charge is 2.52. The average Bonchev–Trinajstić information content (AvgIpc) is 3.31. The van der Waals surface area contributed by atoms with Crippen molar-refractivity contribution in [2.75, 3.05) is 13.2 Å². The molecule has 1 N–H and O–H groups in total. The maximum absolute atomic E-state index is 12.5. The first-order valence-electron chi connectivity index (χ1n) is 7.84. The van der Waals surface area contributed by atoms with Gasteiger partial charge in [0, 0.05) is 21.5 Å². The van der Waals surface area contributed by atoms with Gasteiger partial charge in [0.1, 0.15) is 11.3 Å². The summed E-state index contributed by atoms with van der Waals surface area (Å²) in [6, 6.07) is 15.4. The second-order valence-corrected chi connectivity index (χ2v) is 6.20. The third kappa shape index (κ3) is 2.30. The predicted octanol–water partition coefficient (Wildman–Crippen LogP) is 4.27. The zero-order valence-corrected chi connectivity index (χ0v) is 13.9. The Labute approximate surface area is 144 Å². The molecule has 4 rings (SSSR count). The van der Waals surface area contributed by atoms with Gasteiger partial charge >= 0.3 is 5.97 Å². The molecule has 0 radical (unpaired) electrons. The number of esters is 1. The van der Waals surface area contributed by atoms with Gasteiger partial charge in [-0.15, -0.1) is 0 Å². The summed E-state index contributed by atoms with van der Waals surface area (Å²) in [5, 5.41) is 1.49.